The van der Waals surface area contributed by atoms with Gasteiger partial charge < -0.3 is 14.8 Å². The zero-order valence-corrected chi connectivity index (χ0v) is 11.7. The van der Waals surface area contributed by atoms with Gasteiger partial charge in [-0.15, -0.1) is 0 Å². The largest absolute Gasteiger partial charge is 0.494 e. The Hall–Kier alpha value is -1.06. The fraction of sp³-hybridized carbons (Fsp3) is 0.600. The van der Waals surface area contributed by atoms with Crippen molar-refractivity contribution in [2.24, 2.45) is 0 Å². The first-order valence-corrected chi connectivity index (χ1v) is 6.69. The van der Waals surface area contributed by atoms with Crippen molar-refractivity contribution in [3.05, 3.63) is 29.8 Å². The summed E-state index contributed by atoms with van der Waals surface area (Å²) in [5.41, 5.74) is 1.35. The molecule has 0 atom stereocenters. The third-order valence-corrected chi connectivity index (χ3v) is 2.74. The lowest BCUT2D eigenvalue weighted by atomic mass is 10.0. The molecule has 0 amide bonds. The van der Waals surface area contributed by atoms with Crippen LogP contribution in [-0.4, -0.2) is 33.4 Å². The summed E-state index contributed by atoms with van der Waals surface area (Å²) in [5, 5.41) is 3.04. The average molecular weight is 251 g/mol. The first kappa shape index (κ1) is 15.0. The van der Waals surface area contributed by atoms with Crippen LogP contribution in [0.3, 0.4) is 0 Å². The van der Waals surface area contributed by atoms with E-state index in [9.17, 15) is 0 Å². The zero-order chi connectivity index (χ0) is 13.2. The van der Waals surface area contributed by atoms with Gasteiger partial charge in [-0.2, -0.15) is 0 Å². The monoisotopic (exact) mass is 251 g/mol. The minimum Gasteiger partial charge on any atom is -0.494 e. The van der Waals surface area contributed by atoms with Crippen molar-refractivity contribution in [3.8, 4) is 5.75 Å². The number of hydrogen-bond acceptors (Lipinski definition) is 3. The molecule has 0 aromatic heterocycles. The predicted octanol–water partition coefficient (Wildman–Crippen LogP) is 2.81. The van der Waals surface area contributed by atoms with Crippen molar-refractivity contribution in [2.45, 2.75) is 26.2 Å². The summed E-state index contributed by atoms with van der Waals surface area (Å²) >= 11 is 0. The zero-order valence-electron chi connectivity index (χ0n) is 11.7. The maximum absolute atomic E-state index is 5.65. The van der Waals surface area contributed by atoms with E-state index in [-0.39, 0.29) is 0 Å². The van der Waals surface area contributed by atoms with Crippen LogP contribution in [0, 0.1) is 0 Å². The summed E-state index contributed by atoms with van der Waals surface area (Å²) < 4.78 is 11.1. The normalized spacial score (nSPS) is 10.9. The highest BCUT2D eigenvalue weighted by atomic mass is 16.5. The molecule has 1 aromatic carbocycles. The van der Waals surface area contributed by atoms with Crippen molar-refractivity contribution < 1.29 is 9.47 Å². The number of likely N-dealkylation sites (N-methyl/N-ethyl adjacent to an activating group) is 1. The Morgan fingerprint density at radius 2 is 1.78 bits per heavy atom. The molecule has 0 spiro atoms. The molecule has 0 saturated heterocycles. The summed E-state index contributed by atoms with van der Waals surface area (Å²) in [4.78, 5) is 0. The molecule has 0 fully saturated rings. The van der Waals surface area contributed by atoms with Crippen LogP contribution in [-0.2, 0) is 4.74 Å². The standard InChI is InChI=1S/C15H25NO2/c1-13(2)14-5-7-15(8-6-14)18-11-4-10-17-12-9-16-3/h5-8,13,16H,4,9-12H2,1-3H3. The van der Waals surface area contributed by atoms with Crippen molar-refractivity contribution in [3.63, 3.8) is 0 Å². The van der Waals surface area contributed by atoms with E-state index in [1.54, 1.807) is 0 Å². The minimum atomic E-state index is 0.569. The first-order chi connectivity index (χ1) is 8.74. The van der Waals surface area contributed by atoms with Crippen LogP contribution in [0.2, 0.25) is 0 Å². The van der Waals surface area contributed by atoms with Crippen LogP contribution < -0.4 is 10.1 Å². The van der Waals surface area contributed by atoms with Gasteiger partial charge in [0.1, 0.15) is 5.75 Å². The molecule has 3 nitrogen and oxygen atoms in total. The van der Waals surface area contributed by atoms with E-state index in [4.69, 9.17) is 9.47 Å². The maximum atomic E-state index is 5.65. The van der Waals surface area contributed by atoms with Crippen LogP contribution in [0.25, 0.3) is 0 Å². The lowest BCUT2D eigenvalue weighted by molar-refractivity contribution is 0.122. The van der Waals surface area contributed by atoms with Crippen LogP contribution in [0.15, 0.2) is 24.3 Å². The average Bonchev–Trinajstić information content (AvgIpc) is 2.38. The molecule has 1 rings (SSSR count). The summed E-state index contributed by atoms with van der Waals surface area (Å²) in [6, 6.07) is 8.33. The second kappa shape index (κ2) is 8.95. The van der Waals surface area contributed by atoms with E-state index < -0.39 is 0 Å². The molecule has 0 heterocycles. The maximum Gasteiger partial charge on any atom is 0.119 e. The van der Waals surface area contributed by atoms with Gasteiger partial charge in [0.15, 0.2) is 0 Å². The highest BCUT2D eigenvalue weighted by molar-refractivity contribution is 5.28. The Morgan fingerprint density at radius 3 is 2.39 bits per heavy atom. The van der Waals surface area contributed by atoms with E-state index in [1.165, 1.54) is 5.56 Å². The Morgan fingerprint density at radius 1 is 1.06 bits per heavy atom. The minimum absolute atomic E-state index is 0.569. The van der Waals surface area contributed by atoms with Crippen molar-refractivity contribution in [1.29, 1.82) is 0 Å². The predicted molar refractivity (Wildman–Crippen MR) is 75.4 cm³/mol. The van der Waals surface area contributed by atoms with Gasteiger partial charge in [0.05, 0.1) is 13.2 Å². The Bertz CT molecular complexity index is 309. The lowest BCUT2D eigenvalue weighted by Gasteiger charge is -2.09. The smallest absolute Gasteiger partial charge is 0.119 e. The third kappa shape index (κ3) is 6.03. The Balaban J connectivity index is 2.12. The van der Waals surface area contributed by atoms with Crippen molar-refractivity contribution in [1.82, 2.24) is 5.32 Å². The molecule has 18 heavy (non-hydrogen) atoms. The van der Waals surface area contributed by atoms with Crippen LogP contribution >= 0.6 is 0 Å². The van der Waals surface area contributed by atoms with Crippen molar-refractivity contribution in [2.75, 3.05) is 33.4 Å². The van der Waals surface area contributed by atoms with Gasteiger partial charge in [0.2, 0.25) is 0 Å². The van der Waals surface area contributed by atoms with E-state index in [0.717, 1.165) is 31.9 Å². The lowest BCUT2D eigenvalue weighted by Crippen LogP contribution is -2.15. The topological polar surface area (TPSA) is 30.5 Å². The quantitative estimate of drug-likeness (QED) is 0.685. The molecule has 0 aliphatic rings. The number of rotatable bonds is 9. The SMILES string of the molecule is CNCCOCCCOc1ccc(C(C)C)cc1. The van der Waals surface area contributed by atoms with E-state index in [1.807, 2.05) is 19.2 Å². The molecule has 0 unspecified atom stereocenters. The molecule has 3 heteroatoms. The highest BCUT2D eigenvalue weighted by Gasteiger charge is 1.99. The molecule has 1 aromatic rings. The number of nitrogens with one attached hydrogen (secondary N) is 1. The van der Waals surface area contributed by atoms with Gasteiger partial charge in [0.25, 0.3) is 0 Å². The second-order valence-electron chi connectivity index (χ2n) is 4.64. The van der Waals surface area contributed by atoms with Gasteiger partial charge in [-0.05, 0) is 30.7 Å². The van der Waals surface area contributed by atoms with Crippen LogP contribution in [0.5, 0.6) is 5.75 Å². The molecule has 0 aliphatic carbocycles. The first-order valence-electron chi connectivity index (χ1n) is 6.69. The molecule has 0 bridgehead atoms. The van der Waals surface area contributed by atoms with Crippen LogP contribution in [0.1, 0.15) is 31.7 Å². The Labute approximate surface area is 110 Å². The van der Waals surface area contributed by atoms with Crippen molar-refractivity contribution >= 4 is 0 Å². The molecular formula is C15H25NO2. The van der Waals surface area contributed by atoms with Gasteiger partial charge in [-0.25, -0.2) is 0 Å². The summed E-state index contributed by atoms with van der Waals surface area (Å²) in [5.74, 6) is 1.51. The number of hydrogen-bond donors (Lipinski definition) is 1. The molecule has 0 aliphatic heterocycles. The van der Waals surface area contributed by atoms with Crippen LogP contribution in [0.4, 0.5) is 0 Å². The number of ether oxygens (including phenoxy) is 2. The van der Waals surface area contributed by atoms with Gasteiger partial charge in [0, 0.05) is 19.6 Å². The molecule has 1 N–H and O–H groups in total. The van der Waals surface area contributed by atoms with E-state index in [2.05, 4.69) is 31.3 Å². The van der Waals surface area contributed by atoms with Gasteiger partial charge in [-0.1, -0.05) is 26.0 Å². The Kier molecular flexibility index (Phi) is 7.46. The third-order valence-electron chi connectivity index (χ3n) is 2.74. The molecular weight excluding hydrogens is 226 g/mol. The van der Waals surface area contributed by atoms with Gasteiger partial charge >= 0.3 is 0 Å². The second-order valence-corrected chi connectivity index (χ2v) is 4.64. The summed E-state index contributed by atoms with van der Waals surface area (Å²) in [7, 11) is 1.92. The molecule has 0 saturated carbocycles. The number of benzene rings is 1. The summed E-state index contributed by atoms with van der Waals surface area (Å²) in [6.07, 6.45) is 0.926. The fourth-order valence-corrected chi connectivity index (χ4v) is 1.58. The highest BCUT2D eigenvalue weighted by Crippen LogP contribution is 2.18. The van der Waals surface area contributed by atoms with E-state index >= 15 is 0 Å². The van der Waals surface area contributed by atoms with E-state index in [0.29, 0.717) is 12.5 Å². The fourth-order valence-electron chi connectivity index (χ4n) is 1.58. The summed E-state index contributed by atoms with van der Waals surface area (Å²) in [6.45, 7) is 7.51. The molecule has 0 radical (unpaired) electrons. The van der Waals surface area contributed by atoms with Gasteiger partial charge in [-0.3, -0.25) is 0 Å². The molecule has 102 valence electrons.